The predicted octanol–water partition coefficient (Wildman–Crippen LogP) is 3.54. The summed E-state index contributed by atoms with van der Waals surface area (Å²) in [6, 6.07) is 4.05. The second kappa shape index (κ2) is 6.17. The van der Waals surface area contributed by atoms with E-state index in [4.69, 9.17) is 22.0 Å². The van der Waals surface area contributed by atoms with E-state index in [1.54, 1.807) is 6.07 Å². The lowest BCUT2D eigenvalue weighted by Gasteiger charge is -2.13. The van der Waals surface area contributed by atoms with Crippen molar-refractivity contribution in [3.05, 3.63) is 28.8 Å². The van der Waals surface area contributed by atoms with Crippen molar-refractivity contribution >= 4 is 29.3 Å². The van der Waals surface area contributed by atoms with Gasteiger partial charge in [0.1, 0.15) is 6.07 Å². The lowest BCUT2D eigenvalue weighted by molar-refractivity contribution is -0.136. The first kappa shape index (κ1) is 15.7. The number of rotatable bonds is 4. The van der Waals surface area contributed by atoms with E-state index >= 15 is 0 Å². The summed E-state index contributed by atoms with van der Waals surface area (Å²) >= 11 is 5.15. The zero-order valence-corrected chi connectivity index (χ0v) is 10.9. The molecule has 0 aliphatic heterocycles. The van der Waals surface area contributed by atoms with E-state index < -0.39 is 29.7 Å². The van der Waals surface area contributed by atoms with Crippen molar-refractivity contribution in [3.8, 4) is 6.07 Å². The van der Waals surface area contributed by atoms with E-state index in [0.717, 1.165) is 6.07 Å². The van der Waals surface area contributed by atoms with Crippen molar-refractivity contribution in [2.45, 2.75) is 22.7 Å². The molecule has 0 atom stereocenters. The molecule has 1 N–H and O–H groups in total. The van der Waals surface area contributed by atoms with Gasteiger partial charge in [-0.2, -0.15) is 18.4 Å². The number of nitrogens with zero attached hydrogens (tertiary/aromatic N) is 1. The highest BCUT2D eigenvalue weighted by Gasteiger charge is 2.31. The maximum Gasteiger partial charge on any atom is 0.446 e. The first-order valence-corrected chi connectivity index (χ1v) is 6.22. The quantitative estimate of drug-likeness (QED) is 0.682. The molecular weight excluding hydrogens is 303 g/mol. The Bertz CT molecular complexity index is 540. The number of halogens is 4. The van der Waals surface area contributed by atoms with Crippen molar-refractivity contribution in [2.24, 2.45) is 0 Å². The van der Waals surface area contributed by atoms with Crippen LogP contribution in [-0.2, 0) is 17.1 Å². The van der Waals surface area contributed by atoms with Gasteiger partial charge in [0.2, 0.25) is 0 Å². The molecule has 1 aromatic rings. The molecule has 0 aliphatic rings. The molecule has 0 aliphatic carbocycles. The molecule has 0 spiro atoms. The normalized spacial score (nSPS) is 11.1. The minimum Gasteiger partial charge on any atom is -0.481 e. The molecule has 0 saturated heterocycles. The maximum atomic E-state index is 12.3. The fraction of sp³-hybridized carbons (Fsp3) is 0.273. The van der Waals surface area contributed by atoms with Gasteiger partial charge < -0.3 is 5.11 Å². The van der Waals surface area contributed by atoms with E-state index in [1.165, 1.54) is 6.07 Å². The molecule has 0 aromatic heterocycles. The molecule has 19 heavy (non-hydrogen) atoms. The average molecular weight is 310 g/mol. The largest absolute Gasteiger partial charge is 0.481 e. The Kier molecular flexibility index (Phi) is 5.09. The molecular formula is C11H7ClF3NO2S. The highest BCUT2D eigenvalue weighted by atomic mass is 35.5. The van der Waals surface area contributed by atoms with Gasteiger partial charge in [-0.25, -0.2) is 0 Å². The second-order valence-electron chi connectivity index (χ2n) is 3.44. The van der Waals surface area contributed by atoms with Gasteiger partial charge in [0, 0.05) is 10.8 Å². The number of benzene rings is 1. The molecule has 1 aromatic carbocycles. The van der Waals surface area contributed by atoms with Crippen molar-refractivity contribution in [2.75, 3.05) is 0 Å². The van der Waals surface area contributed by atoms with Gasteiger partial charge in [0.25, 0.3) is 0 Å². The molecule has 1 rings (SSSR count). The molecule has 0 bridgehead atoms. The van der Waals surface area contributed by atoms with Crippen LogP contribution in [0.1, 0.15) is 16.7 Å². The standard InChI is InChI=1S/C11H7ClF3NO2S/c12-4-6-1-2-9(19-11(13,14)15)8(5-16)7(6)3-10(17)18/h1-2H,3-4H2,(H,17,18). The highest BCUT2D eigenvalue weighted by molar-refractivity contribution is 8.00. The Hall–Kier alpha value is -1.39. The molecule has 0 heterocycles. The van der Waals surface area contributed by atoms with Crippen LogP contribution in [-0.4, -0.2) is 16.6 Å². The van der Waals surface area contributed by atoms with Crippen LogP contribution in [0.25, 0.3) is 0 Å². The lowest BCUT2D eigenvalue weighted by atomic mass is 10.00. The second-order valence-corrected chi connectivity index (χ2v) is 4.81. The third-order valence-corrected chi connectivity index (χ3v) is 3.26. The summed E-state index contributed by atoms with van der Waals surface area (Å²) in [5.74, 6) is -1.31. The maximum absolute atomic E-state index is 12.3. The number of hydrogen-bond donors (Lipinski definition) is 1. The summed E-state index contributed by atoms with van der Waals surface area (Å²) in [7, 11) is 0. The summed E-state index contributed by atoms with van der Waals surface area (Å²) < 4.78 is 37.0. The van der Waals surface area contributed by atoms with E-state index in [2.05, 4.69) is 0 Å². The van der Waals surface area contributed by atoms with E-state index in [0.29, 0.717) is 5.56 Å². The first-order valence-electron chi connectivity index (χ1n) is 4.87. The Morgan fingerprint density at radius 1 is 1.47 bits per heavy atom. The van der Waals surface area contributed by atoms with Gasteiger partial charge >= 0.3 is 11.5 Å². The van der Waals surface area contributed by atoms with Crippen molar-refractivity contribution < 1.29 is 23.1 Å². The van der Waals surface area contributed by atoms with E-state index in [-0.39, 0.29) is 21.9 Å². The first-order chi connectivity index (χ1) is 8.78. The van der Waals surface area contributed by atoms with Crippen LogP contribution in [0.3, 0.4) is 0 Å². The number of alkyl halides is 4. The summed E-state index contributed by atoms with van der Waals surface area (Å²) in [5.41, 5.74) is -4.47. The smallest absolute Gasteiger partial charge is 0.446 e. The Balaban J connectivity index is 3.36. The average Bonchev–Trinajstić information content (AvgIpc) is 2.27. The number of carboxylic acid groups (broad SMARTS) is 1. The van der Waals surface area contributed by atoms with Gasteiger partial charge in [-0.3, -0.25) is 4.79 Å². The monoisotopic (exact) mass is 309 g/mol. The number of aliphatic carboxylic acids is 1. The van der Waals surface area contributed by atoms with Crippen LogP contribution >= 0.6 is 23.4 Å². The zero-order valence-electron chi connectivity index (χ0n) is 9.29. The summed E-state index contributed by atoms with van der Waals surface area (Å²) in [5, 5.41) is 17.7. The van der Waals surface area contributed by atoms with Crippen molar-refractivity contribution in [1.29, 1.82) is 5.26 Å². The molecule has 102 valence electrons. The fourth-order valence-electron chi connectivity index (χ4n) is 1.48. The van der Waals surface area contributed by atoms with Gasteiger partial charge in [-0.1, -0.05) is 6.07 Å². The number of carboxylic acids is 1. The van der Waals surface area contributed by atoms with Gasteiger partial charge in [0.15, 0.2) is 0 Å². The van der Waals surface area contributed by atoms with Crippen LogP contribution in [0.15, 0.2) is 17.0 Å². The topological polar surface area (TPSA) is 61.1 Å². The molecule has 3 nitrogen and oxygen atoms in total. The third kappa shape index (κ3) is 4.33. The van der Waals surface area contributed by atoms with E-state index in [9.17, 15) is 18.0 Å². The molecule has 0 amide bonds. The Morgan fingerprint density at radius 2 is 2.11 bits per heavy atom. The molecule has 0 saturated carbocycles. The molecule has 8 heteroatoms. The fourth-order valence-corrected chi connectivity index (χ4v) is 2.39. The molecule has 0 unspecified atom stereocenters. The Labute approximate surface area is 116 Å². The van der Waals surface area contributed by atoms with Crippen molar-refractivity contribution in [1.82, 2.24) is 0 Å². The van der Waals surface area contributed by atoms with Crippen LogP contribution in [0.2, 0.25) is 0 Å². The Morgan fingerprint density at radius 3 is 2.53 bits per heavy atom. The zero-order chi connectivity index (χ0) is 14.6. The minimum absolute atomic E-state index is 0.0271. The SMILES string of the molecule is N#Cc1c(SC(F)(F)F)ccc(CCl)c1CC(=O)O. The number of nitriles is 1. The summed E-state index contributed by atoms with van der Waals surface area (Å²) in [4.78, 5) is 10.4. The van der Waals surface area contributed by atoms with Crippen LogP contribution < -0.4 is 0 Å². The number of thioether (sulfide) groups is 1. The summed E-state index contributed by atoms with van der Waals surface area (Å²) in [6.07, 6.45) is -0.544. The van der Waals surface area contributed by atoms with Gasteiger partial charge in [-0.05, 0) is 29.0 Å². The van der Waals surface area contributed by atoms with Crippen LogP contribution in [0.4, 0.5) is 13.2 Å². The van der Waals surface area contributed by atoms with Gasteiger partial charge in [0.05, 0.1) is 12.0 Å². The predicted molar refractivity (Wildman–Crippen MR) is 64.0 cm³/mol. The highest BCUT2D eigenvalue weighted by Crippen LogP contribution is 2.40. The minimum atomic E-state index is -4.55. The number of carbonyl (C=O) groups is 1. The lowest BCUT2D eigenvalue weighted by Crippen LogP contribution is -2.08. The van der Waals surface area contributed by atoms with Crippen molar-refractivity contribution in [3.63, 3.8) is 0 Å². The molecule has 0 radical (unpaired) electrons. The van der Waals surface area contributed by atoms with Crippen LogP contribution in [0.5, 0.6) is 0 Å². The van der Waals surface area contributed by atoms with Gasteiger partial charge in [-0.15, -0.1) is 11.6 Å². The number of hydrogen-bond acceptors (Lipinski definition) is 3. The molecule has 0 fully saturated rings. The third-order valence-electron chi connectivity index (χ3n) is 2.18. The van der Waals surface area contributed by atoms with E-state index in [1.807, 2.05) is 0 Å². The van der Waals surface area contributed by atoms with Crippen LogP contribution in [0, 0.1) is 11.3 Å². The summed E-state index contributed by atoms with van der Waals surface area (Å²) in [6.45, 7) is 0.